The van der Waals surface area contributed by atoms with E-state index in [2.05, 4.69) is 20.2 Å². The maximum absolute atomic E-state index is 13.9. The SMILES string of the molecule is CCC(=O)c1ccc(C[C@@H](CN)N(C)C)c(Cl)c1.CCC(=O)c1ccc(C[C@@H](CNC(=O)CC(c2ccc(F)cn2)C2(C(F)(F)F)CC2)N(C)C)c(Cl)c1.O=C(O)CC(c1ccc(F)cn1)C1(C(F)(F)F)CC1. The lowest BCUT2D eigenvalue weighted by Gasteiger charge is -2.29. The van der Waals surface area contributed by atoms with E-state index in [4.69, 9.17) is 34.0 Å². The van der Waals surface area contributed by atoms with E-state index >= 15 is 0 Å². The summed E-state index contributed by atoms with van der Waals surface area (Å²) < 4.78 is 107. The number of amides is 1. The van der Waals surface area contributed by atoms with Crippen LogP contribution in [-0.2, 0) is 22.4 Å². The number of likely N-dealkylation sites (N-methyl/N-ethyl adjacent to an activating group) is 2. The van der Waals surface area contributed by atoms with Crippen molar-refractivity contribution in [2.24, 2.45) is 16.6 Å². The number of nitrogens with one attached hydrogen (secondary N) is 1. The van der Waals surface area contributed by atoms with E-state index in [9.17, 15) is 54.3 Å². The molecule has 6 rings (SSSR count). The fourth-order valence-electron chi connectivity index (χ4n) is 8.55. The molecule has 2 aliphatic carbocycles. The summed E-state index contributed by atoms with van der Waals surface area (Å²) in [5, 5.41) is 12.6. The predicted molar refractivity (Wildman–Crippen MR) is 263 cm³/mol. The largest absolute Gasteiger partial charge is 0.481 e. The molecule has 2 aliphatic rings. The number of aromatic nitrogens is 2. The molecule has 11 nitrogen and oxygen atoms in total. The summed E-state index contributed by atoms with van der Waals surface area (Å²) in [6.07, 6.45) is -6.69. The number of hydrogen-bond donors (Lipinski definition) is 3. The summed E-state index contributed by atoms with van der Waals surface area (Å²) in [4.78, 5) is 58.6. The van der Waals surface area contributed by atoms with Gasteiger partial charge in [-0.2, -0.15) is 26.3 Å². The molecule has 1 amide bonds. The van der Waals surface area contributed by atoms with Crippen LogP contribution in [0.15, 0.2) is 73.1 Å². The third-order valence-corrected chi connectivity index (χ3v) is 14.3. The maximum atomic E-state index is 13.9. The summed E-state index contributed by atoms with van der Waals surface area (Å²) in [7, 11) is 7.66. The van der Waals surface area contributed by atoms with Gasteiger partial charge in [0.25, 0.3) is 0 Å². The van der Waals surface area contributed by atoms with Gasteiger partial charge in [0.1, 0.15) is 11.6 Å². The van der Waals surface area contributed by atoms with Gasteiger partial charge in [-0.3, -0.25) is 29.1 Å². The molecule has 73 heavy (non-hydrogen) atoms. The first-order chi connectivity index (χ1) is 34.1. The molecule has 4 N–H and O–H groups in total. The Morgan fingerprint density at radius 1 is 0.671 bits per heavy atom. The van der Waals surface area contributed by atoms with E-state index in [1.54, 1.807) is 31.2 Å². The number of pyridine rings is 2. The Balaban J connectivity index is 0.000000262. The van der Waals surface area contributed by atoms with Gasteiger partial charge in [-0.15, -0.1) is 0 Å². The Kier molecular flexibility index (Phi) is 21.5. The summed E-state index contributed by atoms with van der Waals surface area (Å²) >= 11 is 12.6. The lowest BCUT2D eigenvalue weighted by Crippen LogP contribution is -2.43. The van der Waals surface area contributed by atoms with Gasteiger partial charge >= 0.3 is 18.3 Å². The number of carbonyl (C=O) groups is 4. The average Bonchev–Trinajstić information content (AvgIpc) is 4.27. The van der Waals surface area contributed by atoms with Crippen LogP contribution in [0.25, 0.3) is 0 Å². The number of aliphatic carboxylic acids is 1. The number of carboxylic acid groups (broad SMARTS) is 1. The zero-order valence-corrected chi connectivity index (χ0v) is 43.0. The highest BCUT2D eigenvalue weighted by molar-refractivity contribution is 6.32. The summed E-state index contributed by atoms with van der Waals surface area (Å²) in [5.74, 6) is -5.56. The van der Waals surface area contributed by atoms with Crippen molar-refractivity contribution >= 4 is 46.6 Å². The van der Waals surface area contributed by atoms with Crippen LogP contribution >= 0.6 is 23.2 Å². The number of rotatable bonds is 21. The van der Waals surface area contributed by atoms with Gasteiger partial charge in [-0.1, -0.05) is 61.3 Å². The van der Waals surface area contributed by atoms with Gasteiger partial charge in [0.2, 0.25) is 5.91 Å². The molecule has 0 aliphatic heterocycles. The number of nitrogens with two attached hydrogens (primary N) is 1. The van der Waals surface area contributed by atoms with Gasteiger partial charge in [0.15, 0.2) is 11.6 Å². The highest BCUT2D eigenvalue weighted by Crippen LogP contribution is 2.67. The minimum atomic E-state index is -4.50. The lowest BCUT2D eigenvalue weighted by molar-refractivity contribution is -0.196. The van der Waals surface area contributed by atoms with E-state index in [0.717, 1.165) is 48.1 Å². The van der Waals surface area contributed by atoms with Crippen molar-refractivity contribution in [2.45, 2.75) is 114 Å². The van der Waals surface area contributed by atoms with Crippen LogP contribution in [0.1, 0.15) is 120 Å². The molecular weight excluding hydrogens is 1010 g/mol. The van der Waals surface area contributed by atoms with Crippen LogP contribution in [0.5, 0.6) is 0 Å². The smallest absolute Gasteiger partial charge is 0.395 e. The molecule has 2 aromatic heterocycles. The van der Waals surface area contributed by atoms with E-state index in [-0.39, 0.29) is 67.3 Å². The van der Waals surface area contributed by atoms with Crippen LogP contribution < -0.4 is 11.1 Å². The number of Topliss-reactive ketones (excluding diaryl/α,β-unsaturated/α-hetero) is 2. The van der Waals surface area contributed by atoms with E-state index in [1.165, 1.54) is 6.07 Å². The van der Waals surface area contributed by atoms with Crippen molar-refractivity contribution in [3.8, 4) is 0 Å². The van der Waals surface area contributed by atoms with Gasteiger partial charge in [0.05, 0.1) is 29.6 Å². The van der Waals surface area contributed by atoms with Crippen molar-refractivity contribution in [3.63, 3.8) is 0 Å². The highest BCUT2D eigenvalue weighted by Gasteiger charge is 2.68. The van der Waals surface area contributed by atoms with Crippen LogP contribution in [0.3, 0.4) is 0 Å². The number of benzene rings is 2. The first-order valence-corrected chi connectivity index (χ1v) is 24.4. The summed E-state index contributed by atoms with van der Waals surface area (Å²) in [6.45, 7) is 4.38. The van der Waals surface area contributed by atoms with Crippen molar-refractivity contribution in [1.29, 1.82) is 0 Å². The number of carboxylic acids is 1. The molecule has 2 heterocycles. The molecule has 0 spiro atoms. The van der Waals surface area contributed by atoms with Gasteiger partial charge in [-0.05, 0) is 114 Å². The number of nitrogens with zero attached hydrogens (tertiary/aromatic N) is 4. The molecule has 2 saturated carbocycles. The molecule has 400 valence electrons. The Morgan fingerprint density at radius 2 is 1.07 bits per heavy atom. The third kappa shape index (κ3) is 16.2. The summed E-state index contributed by atoms with van der Waals surface area (Å²) in [5.41, 5.74) is 4.74. The van der Waals surface area contributed by atoms with Gasteiger partial charge in [0, 0.05) is 88.8 Å². The monoisotopic (exact) mass is 1070 g/mol. The normalized spacial score (nSPS) is 16.2. The number of halogens is 10. The topological polar surface area (TPSA) is 159 Å². The number of ketones is 2. The molecule has 2 aromatic carbocycles. The number of carbonyl (C=O) groups excluding carboxylic acids is 3. The van der Waals surface area contributed by atoms with Crippen molar-refractivity contribution < 1.29 is 59.4 Å². The molecule has 4 atom stereocenters. The Labute approximate surface area is 430 Å². The Morgan fingerprint density at radius 3 is 1.37 bits per heavy atom. The summed E-state index contributed by atoms with van der Waals surface area (Å²) in [6, 6.07) is 15.1. The first-order valence-electron chi connectivity index (χ1n) is 23.6. The quantitative estimate of drug-likeness (QED) is 0.0542. The second kappa shape index (κ2) is 25.9. The molecular formula is C52H62Cl2F8N6O5. The first kappa shape index (κ1) is 60.5. The van der Waals surface area contributed by atoms with Crippen LogP contribution in [-0.4, -0.2) is 114 Å². The molecule has 21 heteroatoms. The zero-order chi connectivity index (χ0) is 54.6. The minimum Gasteiger partial charge on any atom is -0.481 e. The predicted octanol–water partition coefficient (Wildman–Crippen LogP) is 11.1. The van der Waals surface area contributed by atoms with Crippen molar-refractivity contribution in [2.75, 3.05) is 41.3 Å². The third-order valence-electron chi connectivity index (χ3n) is 13.6. The second-order valence-electron chi connectivity index (χ2n) is 18.9. The van der Waals surface area contributed by atoms with E-state index in [1.807, 2.05) is 52.1 Å². The van der Waals surface area contributed by atoms with Crippen molar-refractivity contribution in [3.05, 3.63) is 128 Å². The minimum absolute atomic E-state index is 0.0163. The zero-order valence-electron chi connectivity index (χ0n) is 41.4. The van der Waals surface area contributed by atoms with Crippen LogP contribution in [0, 0.1) is 22.5 Å². The van der Waals surface area contributed by atoms with Gasteiger partial charge in [-0.25, -0.2) is 8.78 Å². The highest BCUT2D eigenvalue weighted by atomic mass is 35.5. The lowest BCUT2D eigenvalue weighted by atomic mass is 9.82. The molecule has 0 bridgehead atoms. The van der Waals surface area contributed by atoms with Gasteiger partial charge < -0.3 is 26.0 Å². The second-order valence-corrected chi connectivity index (χ2v) is 19.7. The molecule has 0 radical (unpaired) electrons. The molecule has 0 saturated heterocycles. The van der Waals surface area contributed by atoms with E-state index < -0.39 is 71.4 Å². The fraction of sp³-hybridized carbons (Fsp3) is 0.500. The number of alkyl halides is 6. The van der Waals surface area contributed by atoms with Crippen molar-refractivity contribution in [1.82, 2.24) is 25.1 Å². The van der Waals surface area contributed by atoms with E-state index in [0.29, 0.717) is 47.0 Å². The fourth-order valence-corrected chi connectivity index (χ4v) is 9.06. The van der Waals surface area contributed by atoms with Crippen LogP contribution in [0.4, 0.5) is 35.1 Å². The Hall–Kier alpha value is -5.08. The maximum Gasteiger partial charge on any atom is 0.395 e. The molecule has 4 aromatic rings. The van der Waals surface area contributed by atoms with Crippen LogP contribution in [0.2, 0.25) is 10.0 Å². The number of hydrogen-bond acceptors (Lipinski definition) is 9. The molecule has 2 unspecified atom stereocenters. The average molecular weight is 1070 g/mol. The molecule has 2 fully saturated rings. The Bertz CT molecular complexity index is 2500. The standard InChI is InChI=1S/C26H30ClF4N3O2.C14H21ClN2O.C12H11F4NO2/c1-4-23(35)17-6-5-16(21(27)12-17)11-19(34(2)3)15-33-24(36)13-20(22-8-7-18(28)14-32-22)25(9-10-25)26(29,30)31;1-4-14(18)11-6-5-10(13(15)8-11)7-12(9-16)17(2)3;13-7-1-2-9(17-6-7)8(5-10(18)19)11(3-4-11)12(14,15)16/h5-8,12,14,19-20H,4,9-11,13,15H2,1-3H3,(H,33,36);5-6,8,12H,4,7,9,16H2,1-3H3;1-2,6,8H,3-5H2,(H,18,19)/t19-,20?;12-;/m00./s1.